The van der Waals surface area contributed by atoms with Gasteiger partial charge in [-0.3, -0.25) is 4.79 Å². The number of carbonyl (C=O) groups excluding carboxylic acids is 1. The van der Waals surface area contributed by atoms with E-state index >= 15 is 0 Å². The van der Waals surface area contributed by atoms with E-state index in [1.165, 1.54) is 19.3 Å². The Hall–Kier alpha value is -1.35. The molecule has 90 valence electrons. The molecule has 0 aromatic heterocycles. The minimum atomic E-state index is 0.161. The Morgan fingerprint density at radius 2 is 2.12 bits per heavy atom. The van der Waals surface area contributed by atoms with E-state index in [2.05, 4.69) is 12.3 Å². The Morgan fingerprint density at radius 3 is 2.82 bits per heavy atom. The van der Waals surface area contributed by atoms with Crippen LogP contribution in [0.25, 0.3) is 0 Å². The molecule has 0 radical (unpaired) electrons. The fourth-order valence-electron chi connectivity index (χ4n) is 2.66. The van der Waals surface area contributed by atoms with Crippen molar-refractivity contribution in [2.75, 3.05) is 11.6 Å². The number of hydrogen-bond acceptors (Lipinski definition) is 2. The van der Waals surface area contributed by atoms with Crippen LogP contribution in [0, 0.1) is 5.41 Å². The number of hydrogen-bond donors (Lipinski definition) is 1. The normalized spacial score (nSPS) is 21.2. The minimum absolute atomic E-state index is 0.161. The van der Waals surface area contributed by atoms with Gasteiger partial charge in [-0.1, -0.05) is 31.5 Å². The molecule has 1 amide bonds. The maximum Gasteiger partial charge on any atom is 0.245 e. The first-order valence-corrected chi connectivity index (χ1v) is 6.32. The summed E-state index contributed by atoms with van der Waals surface area (Å²) in [5.41, 5.74) is 5.86. The van der Waals surface area contributed by atoms with Crippen molar-refractivity contribution in [1.82, 2.24) is 5.43 Å². The molecule has 1 aliphatic carbocycles. The Balaban J connectivity index is 1.73. The van der Waals surface area contributed by atoms with E-state index in [-0.39, 0.29) is 5.91 Å². The molecule has 1 heterocycles. The Bertz CT molecular complexity index is 451. The molecule has 1 N–H and O–H groups in total. The molecule has 0 bridgehead atoms. The number of nitrogens with one attached hydrogen (secondary N) is 1. The summed E-state index contributed by atoms with van der Waals surface area (Å²) in [4.78, 5) is 11.9. The Kier molecular flexibility index (Phi) is 2.44. The van der Waals surface area contributed by atoms with Gasteiger partial charge in [-0.25, -0.2) is 10.4 Å². The molecule has 0 saturated heterocycles. The Morgan fingerprint density at radius 1 is 1.35 bits per heavy atom. The lowest BCUT2D eigenvalue weighted by Crippen LogP contribution is -2.47. The number of benzene rings is 1. The second-order valence-corrected chi connectivity index (χ2v) is 5.53. The van der Waals surface area contributed by atoms with Gasteiger partial charge >= 0.3 is 0 Å². The molecule has 3 nitrogen and oxygen atoms in total. The number of amides is 1. The summed E-state index contributed by atoms with van der Waals surface area (Å²) in [6.07, 6.45) is 4.38. The summed E-state index contributed by atoms with van der Waals surface area (Å²) in [6.45, 7) is 3.18. The van der Waals surface area contributed by atoms with E-state index in [1.54, 1.807) is 5.01 Å². The second kappa shape index (κ2) is 3.84. The smallest absolute Gasteiger partial charge is 0.245 e. The molecule has 0 spiro atoms. The molecule has 17 heavy (non-hydrogen) atoms. The molecular weight excluding hydrogens is 212 g/mol. The highest BCUT2D eigenvalue weighted by Gasteiger charge is 2.34. The summed E-state index contributed by atoms with van der Waals surface area (Å²) in [7, 11) is 0. The number of hydrazine groups is 1. The molecule has 0 atom stereocenters. The summed E-state index contributed by atoms with van der Waals surface area (Å²) in [6, 6.07) is 8.01. The first kappa shape index (κ1) is 10.8. The summed E-state index contributed by atoms with van der Waals surface area (Å²) in [5, 5.41) is 1.74. The average Bonchev–Trinajstić information content (AvgIpc) is 2.60. The molecule has 0 unspecified atom stereocenters. The van der Waals surface area contributed by atoms with Crippen LogP contribution in [0.15, 0.2) is 24.3 Å². The van der Waals surface area contributed by atoms with Crippen molar-refractivity contribution in [2.24, 2.45) is 5.41 Å². The van der Waals surface area contributed by atoms with E-state index < -0.39 is 0 Å². The van der Waals surface area contributed by atoms with Crippen LogP contribution in [0.2, 0.25) is 0 Å². The van der Waals surface area contributed by atoms with Crippen LogP contribution in [-0.4, -0.2) is 12.5 Å². The lowest BCUT2D eigenvalue weighted by atomic mass is 9.70. The van der Waals surface area contributed by atoms with Gasteiger partial charge in [0.15, 0.2) is 0 Å². The zero-order chi connectivity index (χ0) is 11.9. The van der Waals surface area contributed by atoms with Crippen molar-refractivity contribution in [2.45, 2.75) is 32.6 Å². The topological polar surface area (TPSA) is 32.3 Å². The average molecular weight is 230 g/mol. The zero-order valence-corrected chi connectivity index (χ0v) is 10.2. The second-order valence-electron chi connectivity index (χ2n) is 5.53. The Labute approximate surface area is 102 Å². The van der Waals surface area contributed by atoms with Gasteiger partial charge in [0.25, 0.3) is 0 Å². The number of nitrogens with zero attached hydrogens (tertiary/aromatic N) is 1. The van der Waals surface area contributed by atoms with E-state index in [1.807, 2.05) is 24.3 Å². The molecule has 1 saturated carbocycles. The van der Waals surface area contributed by atoms with Crippen LogP contribution in [0.3, 0.4) is 0 Å². The molecule has 1 fully saturated rings. The van der Waals surface area contributed by atoms with Gasteiger partial charge in [0.1, 0.15) is 0 Å². The predicted molar refractivity (Wildman–Crippen MR) is 67.6 cm³/mol. The predicted octanol–water partition coefficient (Wildman–Crippen LogP) is 2.27. The van der Waals surface area contributed by atoms with Gasteiger partial charge in [0.2, 0.25) is 5.91 Å². The van der Waals surface area contributed by atoms with Crippen molar-refractivity contribution >= 4 is 11.6 Å². The molecular formula is C14H18N2O. The molecule has 3 heteroatoms. The van der Waals surface area contributed by atoms with Gasteiger partial charge in [-0.2, -0.15) is 0 Å². The zero-order valence-electron chi connectivity index (χ0n) is 10.2. The van der Waals surface area contributed by atoms with Crippen LogP contribution in [-0.2, 0) is 11.2 Å². The van der Waals surface area contributed by atoms with Crippen LogP contribution in [0.5, 0.6) is 0 Å². The number of anilines is 1. The number of fused-ring (bicyclic) bond motifs is 1. The lowest BCUT2D eigenvalue weighted by Gasteiger charge is -2.39. The van der Waals surface area contributed by atoms with E-state index in [0.29, 0.717) is 11.8 Å². The van der Waals surface area contributed by atoms with Gasteiger partial charge in [0, 0.05) is 6.54 Å². The van der Waals surface area contributed by atoms with Crippen molar-refractivity contribution in [3.05, 3.63) is 29.8 Å². The SMILES string of the molecule is CC1(CNN2C(=O)Cc3ccccc32)CCC1. The van der Waals surface area contributed by atoms with E-state index in [4.69, 9.17) is 0 Å². The van der Waals surface area contributed by atoms with Gasteiger partial charge in [-0.05, 0) is 29.9 Å². The summed E-state index contributed by atoms with van der Waals surface area (Å²) < 4.78 is 0. The summed E-state index contributed by atoms with van der Waals surface area (Å²) in [5.74, 6) is 0.161. The summed E-state index contributed by atoms with van der Waals surface area (Å²) >= 11 is 0. The standard InChI is InChI=1S/C14H18N2O/c1-14(7-4-8-14)10-15-16-12-6-3-2-5-11(12)9-13(16)17/h2-3,5-6,15H,4,7-10H2,1H3. The fraction of sp³-hybridized carbons (Fsp3) is 0.500. The third kappa shape index (κ3) is 1.84. The minimum Gasteiger partial charge on any atom is -0.273 e. The molecule has 1 aliphatic heterocycles. The maximum absolute atomic E-state index is 11.9. The van der Waals surface area contributed by atoms with E-state index in [9.17, 15) is 4.79 Å². The molecule has 1 aromatic carbocycles. The van der Waals surface area contributed by atoms with Gasteiger partial charge < -0.3 is 0 Å². The highest BCUT2D eigenvalue weighted by molar-refractivity contribution is 6.00. The van der Waals surface area contributed by atoms with Crippen molar-refractivity contribution in [3.63, 3.8) is 0 Å². The third-order valence-electron chi connectivity index (χ3n) is 4.05. The molecule has 2 aliphatic rings. The molecule has 1 aromatic rings. The lowest BCUT2D eigenvalue weighted by molar-refractivity contribution is -0.118. The van der Waals surface area contributed by atoms with E-state index in [0.717, 1.165) is 17.8 Å². The van der Waals surface area contributed by atoms with Gasteiger partial charge in [-0.15, -0.1) is 0 Å². The highest BCUT2D eigenvalue weighted by Crippen LogP contribution is 2.39. The largest absolute Gasteiger partial charge is 0.273 e. The maximum atomic E-state index is 11.9. The monoisotopic (exact) mass is 230 g/mol. The number of para-hydroxylation sites is 1. The fourth-order valence-corrected chi connectivity index (χ4v) is 2.66. The third-order valence-corrected chi connectivity index (χ3v) is 4.05. The number of rotatable bonds is 3. The first-order chi connectivity index (χ1) is 8.18. The van der Waals surface area contributed by atoms with Crippen LogP contribution in [0.4, 0.5) is 5.69 Å². The van der Waals surface area contributed by atoms with Crippen LogP contribution < -0.4 is 10.4 Å². The van der Waals surface area contributed by atoms with Crippen LogP contribution >= 0.6 is 0 Å². The van der Waals surface area contributed by atoms with Crippen molar-refractivity contribution < 1.29 is 4.79 Å². The highest BCUT2D eigenvalue weighted by atomic mass is 16.2. The van der Waals surface area contributed by atoms with Crippen molar-refractivity contribution in [3.8, 4) is 0 Å². The first-order valence-electron chi connectivity index (χ1n) is 6.32. The van der Waals surface area contributed by atoms with Gasteiger partial charge in [0.05, 0.1) is 12.1 Å². The molecule has 3 rings (SSSR count). The number of carbonyl (C=O) groups is 1. The van der Waals surface area contributed by atoms with Crippen LogP contribution in [0.1, 0.15) is 31.7 Å². The quantitative estimate of drug-likeness (QED) is 0.864. The van der Waals surface area contributed by atoms with Crippen molar-refractivity contribution in [1.29, 1.82) is 0 Å².